The molecule has 10 heteroatoms. The first-order chi connectivity index (χ1) is 20.9. The Morgan fingerprint density at radius 3 is 2.49 bits per heavy atom. The summed E-state index contributed by atoms with van der Waals surface area (Å²) >= 11 is 4.87. The zero-order valence-electron chi connectivity index (χ0n) is 24.3. The smallest absolute Gasteiger partial charge is 0.338 e. The van der Waals surface area contributed by atoms with Crippen LogP contribution in [-0.2, 0) is 16.1 Å². The first kappa shape index (κ1) is 30.3. The Morgan fingerprint density at radius 2 is 1.77 bits per heavy atom. The molecule has 1 aliphatic heterocycles. The van der Waals surface area contributed by atoms with Crippen molar-refractivity contribution in [3.63, 3.8) is 0 Å². The van der Waals surface area contributed by atoms with E-state index in [0.717, 1.165) is 11.1 Å². The zero-order chi connectivity index (χ0) is 30.5. The van der Waals surface area contributed by atoms with E-state index in [9.17, 15) is 9.59 Å². The predicted molar refractivity (Wildman–Crippen MR) is 169 cm³/mol. The fourth-order valence-electron chi connectivity index (χ4n) is 4.92. The molecule has 1 aliphatic rings. The predicted octanol–water partition coefficient (Wildman–Crippen LogP) is 5.55. The van der Waals surface area contributed by atoms with E-state index in [1.54, 1.807) is 31.6 Å². The van der Waals surface area contributed by atoms with Gasteiger partial charge in [-0.15, -0.1) is 0 Å². The van der Waals surface area contributed by atoms with E-state index >= 15 is 0 Å². The Morgan fingerprint density at radius 1 is 1.02 bits per heavy atom. The molecule has 0 spiro atoms. The van der Waals surface area contributed by atoms with Crippen molar-refractivity contribution in [3.05, 3.63) is 119 Å². The van der Waals surface area contributed by atoms with Crippen LogP contribution in [-0.4, -0.2) is 30.9 Å². The lowest BCUT2D eigenvalue weighted by atomic mass is 9.95. The summed E-state index contributed by atoms with van der Waals surface area (Å²) in [6.45, 7) is 6.39. The van der Waals surface area contributed by atoms with Crippen LogP contribution in [0.2, 0.25) is 0 Å². The molecule has 0 N–H and O–H groups in total. The van der Waals surface area contributed by atoms with Crippen LogP contribution in [0.1, 0.15) is 43.5 Å². The summed E-state index contributed by atoms with van der Waals surface area (Å²) in [6, 6.07) is 20.2. The van der Waals surface area contributed by atoms with Crippen LogP contribution in [0, 0.1) is 0 Å². The maximum absolute atomic E-state index is 14.1. The van der Waals surface area contributed by atoms with E-state index in [1.165, 1.54) is 11.3 Å². The van der Waals surface area contributed by atoms with Crippen molar-refractivity contribution in [2.24, 2.45) is 4.99 Å². The molecule has 0 saturated carbocycles. The number of ether oxygens (including phenoxy) is 4. The fourth-order valence-corrected chi connectivity index (χ4v) is 6.54. The standard InChI is InChI=1S/C33H31BrN2O6S/c1-5-40-25-15-11-10-14-23(25)29-28(32(38)41-6-2)20(3)35-33-36(29)31(37)27(43-33)18-22-16-24(34)30(26(17-22)39-4)42-19-21-12-8-7-9-13-21/h7-18,29H,5-6,19H2,1-4H3/b27-18-/t29-/m1/s1. The summed E-state index contributed by atoms with van der Waals surface area (Å²) in [7, 11) is 1.57. The molecule has 0 unspecified atom stereocenters. The molecule has 43 heavy (non-hydrogen) atoms. The molecule has 3 aromatic carbocycles. The van der Waals surface area contributed by atoms with Crippen LogP contribution < -0.4 is 29.1 Å². The van der Waals surface area contributed by atoms with Crippen LogP contribution in [0.4, 0.5) is 0 Å². The summed E-state index contributed by atoms with van der Waals surface area (Å²) in [4.78, 5) is 32.4. The van der Waals surface area contributed by atoms with Crippen LogP contribution in [0.15, 0.2) is 92.3 Å². The SMILES string of the molecule is CCOC(=O)C1=C(C)N=c2s/c(=C\c3cc(Br)c(OCc4ccccc4)c(OC)c3)c(=O)n2[C@@H]1c1ccccc1OCC. The van der Waals surface area contributed by atoms with E-state index in [0.29, 0.717) is 61.1 Å². The number of halogens is 1. The molecule has 1 atom stereocenters. The maximum Gasteiger partial charge on any atom is 0.338 e. The summed E-state index contributed by atoms with van der Waals surface area (Å²) in [5.41, 5.74) is 2.95. The fraction of sp³-hybridized carbons (Fsp3) is 0.242. The minimum Gasteiger partial charge on any atom is -0.494 e. The van der Waals surface area contributed by atoms with Crippen molar-refractivity contribution in [1.82, 2.24) is 4.57 Å². The molecule has 222 valence electrons. The highest BCUT2D eigenvalue weighted by Crippen LogP contribution is 2.38. The molecule has 0 fully saturated rings. The Bertz CT molecular complexity index is 1860. The molecule has 5 rings (SSSR count). The van der Waals surface area contributed by atoms with E-state index in [2.05, 4.69) is 20.9 Å². The van der Waals surface area contributed by atoms with Gasteiger partial charge in [0, 0.05) is 5.56 Å². The Balaban J connectivity index is 1.61. The Kier molecular flexibility index (Phi) is 9.47. The molecule has 2 heterocycles. The first-order valence-corrected chi connectivity index (χ1v) is 15.4. The van der Waals surface area contributed by atoms with Gasteiger partial charge in [-0.3, -0.25) is 9.36 Å². The molecule has 0 amide bonds. The van der Waals surface area contributed by atoms with Crippen molar-refractivity contribution < 1.29 is 23.7 Å². The molecule has 8 nitrogen and oxygen atoms in total. The number of hydrogen-bond donors (Lipinski definition) is 0. The number of esters is 1. The molecule has 0 saturated heterocycles. The Hall–Kier alpha value is -4.15. The van der Waals surface area contributed by atoms with Gasteiger partial charge in [-0.2, -0.15) is 0 Å². The lowest BCUT2D eigenvalue weighted by molar-refractivity contribution is -0.139. The molecule has 0 radical (unpaired) electrons. The quantitative estimate of drug-likeness (QED) is 0.207. The normalized spacial score (nSPS) is 14.6. The third-order valence-corrected chi connectivity index (χ3v) is 8.38. The number of rotatable bonds is 10. The second-order valence-electron chi connectivity index (χ2n) is 9.58. The van der Waals surface area contributed by atoms with Gasteiger partial charge < -0.3 is 18.9 Å². The monoisotopic (exact) mass is 662 g/mol. The third kappa shape index (κ3) is 6.30. The van der Waals surface area contributed by atoms with Crippen LogP contribution >= 0.6 is 27.3 Å². The molecule has 0 bridgehead atoms. The highest BCUT2D eigenvalue weighted by molar-refractivity contribution is 9.10. The van der Waals surface area contributed by atoms with E-state index in [-0.39, 0.29) is 12.2 Å². The lowest BCUT2D eigenvalue weighted by Crippen LogP contribution is -2.40. The lowest BCUT2D eigenvalue weighted by Gasteiger charge is -2.26. The van der Waals surface area contributed by atoms with Crippen LogP contribution in [0.5, 0.6) is 17.2 Å². The molecule has 1 aromatic heterocycles. The summed E-state index contributed by atoms with van der Waals surface area (Å²) < 4.78 is 25.7. The molecule has 0 aliphatic carbocycles. The van der Waals surface area contributed by atoms with Crippen LogP contribution in [0.3, 0.4) is 0 Å². The number of methoxy groups -OCH3 is 1. The van der Waals surface area contributed by atoms with E-state index in [1.807, 2.05) is 73.7 Å². The Labute approximate surface area is 261 Å². The largest absolute Gasteiger partial charge is 0.494 e. The number of fused-ring (bicyclic) bond motifs is 1. The number of para-hydroxylation sites is 1. The van der Waals surface area contributed by atoms with Gasteiger partial charge in [0.1, 0.15) is 18.4 Å². The zero-order valence-corrected chi connectivity index (χ0v) is 26.7. The van der Waals surface area contributed by atoms with Gasteiger partial charge in [0.15, 0.2) is 16.3 Å². The van der Waals surface area contributed by atoms with E-state index < -0.39 is 12.0 Å². The van der Waals surface area contributed by atoms with Gasteiger partial charge in [0.05, 0.1) is 40.6 Å². The number of benzene rings is 3. The van der Waals surface area contributed by atoms with Gasteiger partial charge >= 0.3 is 5.97 Å². The summed E-state index contributed by atoms with van der Waals surface area (Å²) in [6.07, 6.45) is 1.78. The van der Waals surface area contributed by atoms with Gasteiger partial charge in [-0.1, -0.05) is 59.9 Å². The molecular formula is C33H31BrN2O6S. The minimum absolute atomic E-state index is 0.196. The second kappa shape index (κ2) is 13.4. The average molecular weight is 664 g/mol. The number of aromatic nitrogens is 1. The second-order valence-corrected chi connectivity index (χ2v) is 11.4. The van der Waals surface area contributed by atoms with Crippen molar-refractivity contribution in [2.75, 3.05) is 20.3 Å². The third-order valence-electron chi connectivity index (χ3n) is 6.81. The highest BCUT2D eigenvalue weighted by Gasteiger charge is 2.35. The average Bonchev–Trinajstić information content (AvgIpc) is 3.30. The number of allylic oxidation sites excluding steroid dienone is 1. The van der Waals surface area contributed by atoms with Gasteiger partial charge in [0.25, 0.3) is 5.56 Å². The van der Waals surface area contributed by atoms with Crippen molar-refractivity contribution >= 4 is 39.3 Å². The number of hydrogen-bond acceptors (Lipinski definition) is 8. The summed E-state index contributed by atoms with van der Waals surface area (Å²) in [5, 5.41) is 0. The van der Waals surface area contributed by atoms with E-state index in [4.69, 9.17) is 18.9 Å². The molecule has 4 aromatic rings. The highest BCUT2D eigenvalue weighted by atomic mass is 79.9. The van der Waals surface area contributed by atoms with Crippen molar-refractivity contribution in [3.8, 4) is 17.2 Å². The number of carbonyl (C=O) groups is 1. The van der Waals surface area contributed by atoms with Crippen molar-refractivity contribution in [1.29, 1.82) is 0 Å². The number of nitrogens with zero attached hydrogens (tertiary/aromatic N) is 2. The van der Waals surface area contributed by atoms with Gasteiger partial charge in [-0.05, 0) is 72.1 Å². The summed E-state index contributed by atoms with van der Waals surface area (Å²) in [5.74, 6) is 1.15. The van der Waals surface area contributed by atoms with Gasteiger partial charge in [0.2, 0.25) is 0 Å². The topological polar surface area (TPSA) is 88.4 Å². The number of thiazole rings is 1. The van der Waals surface area contributed by atoms with Gasteiger partial charge in [-0.25, -0.2) is 9.79 Å². The first-order valence-electron chi connectivity index (χ1n) is 13.8. The van der Waals surface area contributed by atoms with Crippen LogP contribution in [0.25, 0.3) is 6.08 Å². The minimum atomic E-state index is -0.768. The maximum atomic E-state index is 14.1. The molecular weight excluding hydrogens is 632 g/mol. The number of carbonyl (C=O) groups excluding carboxylic acids is 1. The van der Waals surface area contributed by atoms with Crippen molar-refractivity contribution in [2.45, 2.75) is 33.4 Å².